The minimum Gasteiger partial charge on any atom is -0.391 e. The fraction of sp³-hybridized carbons (Fsp3) is 0.857. The number of Topliss-reactive ketones (excluding diaryl/α,β-unsaturated/α-hetero) is 1. The SMILES string of the molecule is CN[C@H](C(=O)N[C@@H](CCCCN)C(=O)C(C)C)C(C)O. The van der Waals surface area contributed by atoms with Gasteiger partial charge in [0.15, 0.2) is 5.78 Å². The average Bonchev–Trinajstić information content (AvgIpc) is 2.37. The molecule has 1 unspecified atom stereocenters. The lowest BCUT2D eigenvalue weighted by molar-refractivity contribution is -0.131. The molecule has 1 amide bonds. The highest BCUT2D eigenvalue weighted by atomic mass is 16.3. The summed E-state index contributed by atoms with van der Waals surface area (Å²) < 4.78 is 0. The molecule has 0 fully saturated rings. The summed E-state index contributed by atoms with van der Waals surface area (Å²) in [5, 5.41) is 15.0. The first-order valence-corrected chi connectivity index (χ1v) is 7.24. The Morgan fingerprint density at radius 2 is 1.80 bits per heavy atom. The van der Waals surface area contributed by atoms with Gasteiger partial charge in [0, 0.05) is 5.92 Å². The van der Waals surface area contributed by atoms with E-state index in [2.05, 4.69) is 10.6 Å². The van der Waals surface area contributed by atoms with E-state index in [-0.39, 0.29) is 17.6 Å². The molecule has 0 aromatic rings. The normalized spacial score (nSPS) is 15.8. The van der Waals surface area contributed by atoms with Gasteiger partial charge >= 0.3 is 0 Å². The number of amides is 1. The predicted molar refractivity (Wildman–Crippen MR) is 79.2 cm³/mol. The van der Waals surface area contributed by atoms with Crippen molar-refractivity contribution >= 4 is 11.7 Å². The van der Waals surface area contributed by atoms with Crippen LogP contribution in [0.1, 0.15) is 40.0 Å². The molecule has 6 heteroatoms. The van der Waals surface area contributed by atoms with Gasteiger partial charge < -0.3 is 21.5 Å². The molecule has 0 saturated heterocycles. The zero-order valence-corrected chi connectivity index (χ0v) is 13.0. The average molecular weight is 287 g/mol. The van der Waals surface area contributed by atoms with E-state index in [1.165, 1.54) is 6.92 Å². The summed E-state index contributed by atoms with van der Waals surface area (Å²) in [6, 6.07) is -1.23. The smallest absolute Gasteiger partial charge is 0.240 e. The molecule has 6 nitrogen and oxygen atoms in total. The molecule has 0 radical (unpaired) electrons. The minimum absolute atomic E-state index is 0.0100. The topological polar surface area (TPSA) is 104 Å². The molecule has 0 aromatic carbocycles. The first kappa shape index (κ1) is 19.0. The number of nitrogens with two attached hydrogens (primary N) is 1. The van der Waals surface area contributed by atoms with Crippen LogP contribution in [0, 0.1) is 5.92 Å². The molecule has 0 aliphatic carbocycles. The van der Waals surface area contributed by atoms with Crippen molar-refractivity contribution in [2.45, 2.75) is 58.2 Å². The second-order valence-corrected chi connectivity index (χ2v) is 5.41. The zero-order chi connectivity index (χ0) is 15.7. The molecule has 0 spiro atoms. The number of carbonyl (C=O) groups is 2. The molecule has 0 aliphatic rings. The van der Waals surface area contributed by atoms with Crippen LogP contribution in [0.5, 0.6) is 0 Å². The number of likely N-dealkylation sites (N-methyl/N-ethyl adjacent to an activating group) is 1. The van der Waals surface area contributed by atoms with Gasteiger partial charge in [-0.3, -0.25) is 9.59 Å². The van der Waals surface area contributed by atoms with Gasteiger partial charge in [-0.25, -0.2) is 0 Å². The fourth-order valence-electron chi connectivity index (χ4n) is 2.03. The molecule has 0 bridgehead atoms. The molecule has 0 heterocycles. The standard InChI is InChI=1S/C14H29N3O3/c1-9(2)13(19)11(7-5-6-8-15)17-14(20)12(16-4)10(3)18/h9-12,16,18H,5-8,15H2,1-4H3,(H,17,20)/t10?,11-,12-/m0/s1. The van der Waals surface area contributed by atoms with Crippen LogP contribution in [-0.4, -0.2) is 48.6 Å². The van der Waals surface area contributed by atoms with Crippen LogP contribution in [0.4, 0.5) is 0 Å². The van der Waals surface area contributed by atoms with Crippen LogP contribution in [0.25, 0.3) is 0 Å². The maximum atomic E-state index is 12.1. The van der Waals surface area contributed by atoms with Crippen molar-refractivity contribution in [3.8, 4) is 0 Å². The van der Waals surface area contributed by atoms with Crippen LogP contribution in [-0.2, 0) is 9.59 Å². The Morgan fingerprint density at radius 1 is 1.20 bits per heavy atom. The Morgan fingerprint density at radius 3 is 2.20 bits per heavy atom. The van der Waals surface area contributed by atoms with Crippen molar-refractivity contribution in [2.24, 2.45) is 11.7 Å². The van der Waals surface area contributed by atoms with Gasteiger partial charge in [-0.1, -0.05) is 13.8 Å². The Kier molecular flexibility index (Phi) is 9.37. The van der Waals surface area contributed by atoms with Crippen molar-refractivity contribution in [2.75, 3.05) is 13.6 Å². The summed E-state index contributed by atoms with van der Waals surface area (Å²) in [7, 11) is 1.60. The summed E-state index contributed by atoms with van der Waals surface area (Å²) in [6.07, 6.45) is 1.37. The Labute approximate surface area is 121 Å². The van der Waals surface area contributed by atoms with Gasteiger partial charge in [-0.2, -0.15) is 0 Å². The molecule has 0 aromatic heterocycles. The first-order valence-electron chi connectivity index (χ1n) is 7.24. The van der Waals surface area contributed by atoms with E-state index in [1.54, 1.807) is 7.05 Å². The Bertz CT molecular complexity index is 306. The molecule has 5 N–H and O–H groups in total. The summed E-state index contributed by atoms with van der Waals surface area (Å²) in [5.41, 5.74) is 5.45. The van der Waals surface area contributed by atoms with E-state index >= 15 is 0 Å². The van der Waals surface area contributed by atoms with E-state index < -0.39 is 18.2 Å². The number of hydrogen-bond acceptors (Lipinski definition) is 5. The Hall–Kier alpha value is -0.980. The largest absolute Gasteiger partial charge is 0.391 e. The van der Waals surface area contributed by atoms with E-state index in [4.69, 9.17) is 5.73 Å². The second kappa shape index (κ2) is 9.85. The van der Waals surface area contributed by atoms with Crippen LogP contribution in [0.15, 0.2) is 0 Å². The number of ketones is 1. The molecule has 3 atom stereocenters. The monoisotopic (exact) mass is 287 g/mol. The molecule has 0 saturated carbocycles. The number of nitrogens with one attached hydrogen (secondary N) is 2. The van der Waals surface area contributed by atoms with Gasteiger partial charge in [0.2, 0.25) is 5.91 Å². The van der Waals surface area contributed by atoms with Crippen LogP contribution < -0.4 is 16.4 Å². The zero-order valence-electron chi connectivity index (χ0n) is 13.0. The molecule has 0 rings (SSSR count). The predicted octanol–water partition coefficient (Wildman–Crippen LogP) is -0.206. The van der Waals surface area contributed by atoms with Crippen molar-refractivity contribution < 1.29 is 14.7 Å². The molecular weight excluding hydrogens is 258 g/mol. The lowest BCUT2D eigenvalue weighted by Gasteiger charge is -2.24. The third-order valence-corrected chi connectivity index (χ3v) is 3.25. The highest BCUT2D eigenvalue weighted by Crippen LogP contribution is 2.08. The highest BCUT2D eigenvalue weighted by molar-refractivity contribution is 5.91. The Balaban J connectivity index is 4.69. The van der Waals surface area contributed by atoms with Gasteiger partial charge in [-0.05, 0) is 39.8 Å². The maximum absolute atomic E-state index is 12.1. The number of unbranched alkanes of at least 4 members (excludes halogenated alkanes) is 1. The third-order valence-electron chi connectivity index (χ3n) is 3.25. The number of aliphatic hydroxyl groups is 1. The lowest BCUT2D eigenvalue weighted by Crippen LogP contribution is -2.53. The van der Waals surface area contributed by atoms with Crippen LogP contribution in [0.2, 0.25) is 0 Å². The van der Waals surface area contributed by atoms with Crippen molar-refractivity contribution in [1.82, 2.24) is 10.6 Å². The number of hydrogen-bond donors (Lipinski definition) is 4. The third kappa shape index (κ3) is 6.45. The number of carbonyl (C=O) groups excluding carboxylic acids is 2. The maximum Gasteiger partial charge on any atom is 0.240 e. The summed E-state index contributed by atoms with van der Waals surface area (Å²) in [6.45, 7) is 5.74. The van der Waals surface area contributed by atoms with Crippen LogP contribution in [0.3, 0.4) is 0 Å². The molecular formula is C14H29N3O3. The van der Waals surface area contributed by atoms with E-state index in [0.29, 0.717) is 13.0 Å². The van der Waals surface area contributed by atoms with E-state index in [9.17, 15) is 14.7 Å². The van der Waals surface area contributed by atoms with Crippen molar-refractivity contribution in [3.05, 3.63) is 0 Å². The van der Waals surface area contributed by atoms with Crippen LogP contribution >= 0.6 is 0 Å². The number of rotatable bonds is 10. The highest BCUT2D eigenvalue weighted by Gasteiger charge is 2.27. The van der Waals surface area contributed by atoms with E-state index in [0.717, 1.165) is 12.8 Å². The van der Waals surface area contributed by atoms with Crippen molar-refractivity contribution in [3.63, 3.8) is 0 Å². The molecule has 0 aliphatic heterocycles. The summed E-state index contributed by atoms with van der Waals surface area (Å²) in [4.78, 5) is 24.2. The van der Waals surface area contributed by atoms with Crippen molar-refractivity contribution in [1.29, 1.82) is 0 Å². The minimum atomic E-state index is -0.821. The second-order valence-electron chi connectivity index (χ2n) is 5.41. The first-order chi connectivity index (χ1) is 9.34. The quantitative estimate of drug-likeness (QED) is 0.416. The summed E-state index contributed by atoms with van der Waals surface area (Å²) in [5.74, 6) is -0.483. The van der Waals surface area contributed by atoms with Gasteiger partial charge in [0.05, 0.1) is 12.1 Å². The molecule has 118 valence electrons. The van der Waals surface area contributed by atoms with Gasteiger partial charge in [0.25, 0.3) is 0 Å². The molecule has 20 heavy (non-hydrogen) atoms. The lowest BCUT2D eigenvalue weighted by atomic mass is 9.96. The van der Waals surface area contributed by atoms with Gasteiger partial charge in [0.1, 0.15) is 6.04 Å². The van der Waals surface area contributed by atoms with E-state index in [1.807, 2.05) is 13.8 Å². The number of aliphatic hydroxyl groups excluding tert-OH is 1. The fourth-order valence-corrected chi connectivity index (χ4v) is 2.03. The van der Waals surface area contributed by atoms with Gasteiger partial charge in [-0.15, -0.1) is 0 Å². The summed E-state index contributed by atoms with van der Waals surface area (Å²) >= 11 is 0.